The minimum Gasteiger partial charge on any atom is -0.319 e. The zero-order valence-electron chi connectivity index (χ0n) is 15.3. The van der Waals surface area contributed by atoms with E-state index in [9.17, 15) is 9.00 Å². The lowest BCUT2D eigenvalue weighted by Crippen LogP contribution is -2.24. The standard InChI is InChI=1S/C18H20BrClN4O2S/c1-18(2,3)27(26)23-12-8-5-9-24-15(12)10-14(22-24)17(25)21-13-7-4-6-11(19)16(13)20/h4,6-7,10H,5,8-9H2,1-3H3,(H,21,25)/b23-12+/t27-/m1/s1. The van der Waals surface area contributed by atoms with E-state index >= 15 is 0 Å². The van der Waals surface area contributed by atoms with Gasteiger partial charge in [-0.2, -0.15) is 9.50 Å². The monoisotopic (exact) mass is 470 g/mol. The molecule has 0 saturated carbocycles. The first-order valence-corrected chi connectivity index (χ1v) is 10.8. The number of benzene rings is 1. The Bertz CT molecular complexity index is 949. The van der Waals surface area contributed by atoms with E-state index in [1.807, 2.05) is 20.8 Å². The van der Waals surface area contributed by atoms with Crippen LogP contribution in [-0.2, 0) is 17.5 Å². The molecule has 1 atom stereocenters. The molecule has 27 heavy (non-hydrogen) atoms. The maximum atomic E-state index is 12.6. The number of carbonyl (C=O) groups is 1. The number of aromatic nitrogens is 2. The van der Waals surface area contributed by atoms with Crippen LogP contribution in [0.1, 0.15) is 49.8 Å². The number of anilines is 1. The third-order valence-electron chi connectivity index (χ3n) is 4.01. The molecule has 1 amide bonds. The van der Waals surface area contributed by atoms with E-state index in [1.54, 1.807) is 28.9 Å². The Labute approximate surface area is 174 Å². The van der Waals surface area contributed by atoms with Crippen molar-refractivity contribution in [2.75, 3.05) is 5.32 Å². The van der Waals surface area contributed by atoms with Gasteiger partial charge in [-0.25, -0.2) is 4.21 Å². The van der Waals surface area contributed by atoms with Crippen molar-refractivity contribution >= 4 is 55.8 Å². The van der Waals surface area contributed by atoms with E-state index in [0.717, 1.165) is 17.8 Å². The normalized spacial score (nSPS) is 16.9. The van der Waals surface area contributed by atoms with Crippen LogP contribution < -0.4 is 5.32 Å². The molecule has 2 heterocycles. The Kier molecular flexibility index (Phi) is 5.88. The zero-order valence-corrected chi connectivity index (χ0v) is 18.4. The largest absolute Gasteiger partial charge is 0.319 e. The summed E-state index contributed by atoms with van der Waals surface area (Å²) in [6.07, 6.45) is 1.55. The predicted octanol–water partition coefficient (Wildman–Crippen LogP) is 4.60. The molecule has 9 heteroatoms. The van der Waals surface area contributed by atoms with Crippen LogP contribution in [0, 0.1) is 0 Å². The van der Waals surface area contributed by atoms with Crippen LogP contribution in [0.3, 0.4) is 0 Å². The van der Waals surface area contributed by atoms with Crippen molar-refractivity contribution in [1.82, 2.24) is 9.78 Å². The molecular formula is C18H20BrClN4O2S. The van der Waals surface area contributed by atoms with Gasteiger partial charge in [0.1, 0.15) is 11.0 Å². The third-order valence-corrected chi connectivity index (χ3v) is 6.74. The summed E-state index contributed by atoms with van der Waals surface area (Å²) in [5.41, 5.74) is 2.24. The van der Waals surface area contributed by atoms with Gasteiger partial charge in [0.15, 0.2) is 5.69 Å². The Morgan fingerprint density at radius 3 is 2.85 bits per heavy atom. The molecule has 1 N–H and O–H groups in total. The van der Waals surface area contributed by atoms with Crippen LogP contribution in [0.25, 0.3) is 0 Å². The average Bonchev–Trinajstić information content (AvgIpc) is 3.03. The second-order valence-electron chi connectivity index (χ2n) is 7.20. The van der Waals surface area contributed by atoms with Crippen molar-refractivity contribution in [1.29, 1.82) is 0 Å². The second kappa shape index (κ2) is 7.85. The van der Waals surface area contributed by atoms with Gasteiger partial charge in [-0.15, -0.1) is 0 Å². The maximum Gasteiger partial charge on any atom is 0.276 e. The molecular weight excluding hydrogens is 452 g/mol. The molecule has 144 valence electrons. The number of nitrogens with zero attached hydrogens (tertiary/aromatic N) is 3. The Morgan fingerprint density at radius 1 is 1.41 bits per heavy atom. The van der Waals surface area contributed by atoms with Gasteiger partial charge in [0.05, 0.1) is 26.9 Å². The molecule has 0 bridgehead atoms. The summed E-state index contributed by atoms with van der Waals surface area (Å²) in [7, 11) is -1.36. The van der Waals surface area contributed by atoms with Crippen molar-refractivity contribution in [3.8, 4) is 0 Å². The van der Waals surface area contributed by atoms with Crippen molar-refractivity contribution in [3.63, 3.8) is 0 Å². The molecule has 1 aromatic heterocycles. The van der Waals surface area contributed by atoms with E-state index in [1.165, 1.54) is 0 Å². The predicted molar refractivity (Wildman–Crippen MR) is 113 cm³/mol. The third kappa shape index (κ3) is 4.50. The molecule has 6 nitrogen and oxygen atoms in total. The molecule has 2 aromatic rings. The number of hydrogen-bond acceptors (Lipinski definition) is 3. The fraction of sp³-hybridized carbons (Fsp3) is 0.389. The Balaban J connectivity index is 1.88. The smallest absolute Gasteiger partial charge is 0.276 e. The van der Waals surface area contributed by atoms with E-state index in [0.29, 0.717) is 28.1 Å². The summed E-state index contributed by atoms with van der Waals surface area (Å²) in [6, 6.07) is 7.00. The molecule has 3 rings (SSSR count). The second-order valence-corrected chi connectivity index (χ2v) is 10.3. The van der Waals surface area contributed by atoms with Crippen LogP contribution in [0.15, 0.2) is 33.1 Å². The first-order valence-electron chi connectivity index (χ1n) is 8.50. The van der Waals surface area contributed by atoms with Gasteiger partial charge in [-0.1, -0.05) is 17.7 Å². The minimum atomic E-state index is -1.36. The Morgan fingerprint density at radius 2 is 2.15 bits per heavy atom. The van der Waals surface area contributed by atoms with Crippen LogP contribution >= 0.6 is 27.5 Å². The van der Waals surface area contributed by atoms with Crippen LogP contribution in [0.2, 0.25) is 5.02 Å². The number of fused-ring (bicyclic) bond motifs is 1. The van der Waals surface area contributed by atoms with Gasteiger partial charge < -0.3 is 5.32 Å². The molecule has 1 aliphatic heterocycles. The van der Waals surface area contributed by atoms with Crippen molar-refractivity contribution in [2.24, 2.45) is 4.40 Å². The fourth-order valence-corrected chi connectivity index (χ4v) is 3.77. The summed E-state index contributed by atoms with van der Waals surface area (Å²) in [4.78, 5) is 12.6. The van der Waals surface area contributed by atoms with Crippen molar-refractivity contribution < 1.29 is 9.00 Å². The van der Waals surface area contributed by atoms with E-state index in [-0.39, 0.29) is 11.6 Å². The van der Waals surface area contributed by atoms with E-state index in [2.05, 4.69) is 30.7 Å². The quantitative estimate of drug-likeness (QED) is 0.711. The van der Waals surface area contributed by atoms with Gasteiger partial charge in [0.25, 0.3) is 5.91 Å². The van der Waals surface area contributed by atoms with Gasteiger partial charge in [0, 0.05) is 11.0 Å². The highest BCUT2D eigenvalue weighted by Crippen LogP contribution is 2.30. The average molecular weight is 472 g/mol. The molecule has 0 unspecified atom stereocenters. The number of carbonyl (C=O) groups excluding carboxylic acids is 1. The first kappa shape index (κ1) is 20.2. The first-order chi connectivity index (χ1) is 12.7. The highest BCUT2D eigenvalue weighted by Gasteiger charge is 2.25. The van der Waals surface area contributed by atoms with Gasteiger partial charge >= 0.3 is 0 Å². The van der Waals surface area contributed by atoms with Crippen molar-refractivity contribution in [3.05, 3.63) is 45.1 Å². The highest BCUT2D eigenvalue weighted by atomic mass is 79.9. The molecule has 0 spiro atoms. The number of aryl methyl sites for hydroxylation is 1. The molecule has 0 fully saturated rings. The molecule has 1 aliphatic rings. The lowest BCUT2D eigenvalue weighted by Gasteiger charge is -2.18. The summed E-state index contributed by atoms with van der Waals surface area (Å²) in [5.74, 6) is -0.354. The maximum absolute atomic E-state index is 12.6. The van der Waals surface area contributed by atoms with Crippen molar-refractivity contribution in [2.45, 2.75) is 44.9 Å². The molecule has 0 saturated heterocycles. The summed E-state index contributed by atoms with van der Waals surface area (Å²) < 4.78 is 18.8. The lowest BCUT2D eigenvalue weighted by molar-refractivity contribution is 0.102. The molecule has 0 aliphatic carbocycles. The Hall–Kier alpha value is -1.51. The number of rotatable bonds is 3. The fourth-order valence-electron chi connectivity index (χ4n) is 2.57. The van der Waals surface area contributed by atoms with E-state index < -0.39 is 15.7 Å². The summed E-state index contributed by atoms with van der Waals surface area (Å²) in [6.45, 7) is 6.34. The van der Waals surface area contributed by atoms with Gasteiger partial charge in [0.2, 0.25) is 0 Å². The van der Waals surface area contributed by atoms with E-state index in [4.69, 9.17) is 11.6 Å². The zero-order chi connectivity index (χ0) is 19.8. The highest BCUT2D eigenvalue weighted by molar-refractivity contribution is 9.10. The van der Waals surface area contributed by atoms with Crippen LogP contribution in [-0.4, -0.2) is 30.4 Å². The topological polar surface area (TPSA) is 76.3 Å². The number of amides is 1. The van der Waals surface area contributed by atoms with Gasteiger partial charge in [-0.05, 0) is 67.7 Å². The van der Waals surface area contributed by atoms with Crippen LogP contribution in [0.5, 0.6) is 0 Å². The summed E-state index contributed by atoms with van der Waals surface area (Å²) >= 11 is 9.55. The molecule has 0 radical (unpaired) electrons. The number of halogens is 2. The summed E-state index contributed by atoms with van der Waals surface area (Å²) in [5, 5.41) is 7.60. The number of hydrogen-bond donors (Lipinski definition) is 1. The lowest BCUT2D eigenvalue weighted by atomic mass is 10.1. The van der Waals surface area contributed by atoms with Crippen LogP contribution in [0.4, 0.5) is 5.69 Å². The number of nitrogens with one attached hydrogen (secondary N) is 1. The molecule has 1 aromatic carbocycles. The minimum absolute atomic E-state index is 0.275. The SMILES string of the molecule is CC(C)(C)[S@@](=O)/N=C1\CCCn2nc(C(=O)Nc3cccc(Br)c3Cl)cc21. The van der Waals surface area contributed by atoms with Gasteiger partial charge in [-0.3, -0.25) is 9.48 Å².